The highest BCUT2D eigenvalue weighted by atomic mass is 16.6. The van der Waals surface area contributed by atoms with E-state index in [4.69, 9.17) is 5.11 Å². The highest BCUT2D eigenvalue weighted by Gasteiger charge is 2.13. The SMILES string of the molecule is CCCNc1cc([N+](=O)[O-])cc(NC(CC)CO)n1. The van der Waals surface area contributed by atoms with E-state index in [1.165, 1.54) is 12.1 Å². The van der Waals surface area contributed by atoms with Crippen molar-refractivity contribution in [3.63, 3.8) is 0 Å². The smallest absolute Gasteiger partial charge is 0.276 e. The molecule has 3 N–H and O–H groups in total. The summed E-state index contributed by atoms with van der Waals surface area (Å²) < 4.78 is 0. The van der Waals surface area contributed by atoms with Crippen molar-refractivity contribution in [2.45, 2.75) is 32.7 Å². The molecule has 0 amide bonds. The van der Waals surface area contributed by atoms with Crippen molar-refractivity contribution in [2.75, 3.05) is 23.8 Å². The molecule has 1 heterocycles. The Bertz CT molecular complexity index is 421. The molecule has 7 heteroatoms. The Morgan fingerprint density at radius 1 is 1.42 bits per heavy atom. The van der Waals surface area contributed by atoms with Crippen LogP contribution >= 0.6 is 0 Å². The minimum atomic E-state index is -0.454. The summed E-state index contributed by atoms with van der Waals surface area (Å²) in [7, 11) is 0. The van der Waals surface area contributed by atoms with Gasteiger partial charge in [0, 0.05) is 6.54 Å². The predicted molar refractivity (Wildman–Crippen MR) is 74.5 cm³/mol. The van der Waals surface area contributed by atoms with E-state index in [0.29, 0.717) is 24.6 Å². The number of nitrogens with zero attached hydrogens (tertiary/aromatic N) is 2. The van der Waals surface area contributed by atoms with Crippen LogP contribution in [0.4, 0.5) is 17.3 Å². The molecule has 0 saturated carbocycles. The van der Waals surface area contributed by atoms with Crippen molar-refractivity contribution in [3.05, 3.63) is 22.2 Å². The molecule has 7 nitrogen and oxygen atoms in total. The number of pyridine rings is 1. The quantitative estimate of drug-likeness (QED) is 0.492. The van der Waals surface area contributed by atoms with Gasteiger partial charge in [0.1, 0.15) is 11.6 Å². The Morgan fingerprint density at radius 2 is 2.11 bits per heavy atom. The largest absolute Gasteiger partial charge is 0.394 e. The van der Waals surface area contributed by atoms with Crippen LogP contribution in [-0.2, 0) is 0 Å². The van der Waals surface area contributed by atoms with Crippen molar-refractivity contribution in [1.29, 1.82) is 0 Å². The van der Waals surface area contributed by atoms with Gasteiger partial charge in [0.25, 0.3) is 5.69 Å². The van der Waals surface area contributed by atoms with E-state index >= 15 is 0 Å². The molecule has 0 bridgehead atoms. The van der Waals surface area contributed by atoms with Crippen LogP contribution in [0.25, 0.3) is 0 Å². The van der Waals surface area contributed by atoms with Crippen LogP contribution in [0, 0.1) is 10.1 Å². The van der Waals surface area contributed by atoms with E-state index in [2.05, 4.69) is 15.6 Å². The molecule has 0 saturated heterocycles. The van der Waals surface area contributed by atoms with Crippen LogP contribution in [-0.4, -0.2) is 34.2 Å². The topological polar surface area (TPSA) is 100 Å². The van der Waals surface area contributed by atoms with E-state index in [1.54, 1.807) is 0 Å². The first-order chi connectivity index (χ1) is 9.10. The third-order valence-corrected chi connectivity index (χ3v) is 2.64. The number of aliphatic hydroxyl groups is 1. The molecule has 0 spiro atoms. The normalized spacial score (nSPS) is 11.9. The molecule has 0 aromatic carbocycles. The third kappa shape index (κ3) is 4.70. The van der Waals surface area contributed by atoms with Crippen LogP contribution in [0.3, 0.4) is 0 Å². The van der Waals surface area contributed by atoms with Gasteiger partial charge in [0.05, 0.1) is 29.7 Å². The Morgan fingerprint density at radius 3 is 2.63 bits per heavy atom. The van der Waals surface area contributed by atoms with E-state index in [-0.39, 0.29) is 18.3 Å². The van der Waals surface area contributed by atoms with E-state index in [9.17, 15) is 10.1 Å². The standard InChI is InChI=1S/C12H20N4O3/c1-3-5-13-11-6-10(16(18)19)7-12(15-11)14-9(4-2)8-17/h6-7,9,17H,3-5,8H2,1-2H3,(H2,13,14,15). The van der Waals surface area contributed by atoms with Crippen LogP contribution in [0.15, 0.2) is 12.1 Å². The van der Waals surface area contributed by atoms with E-state index in [0.717, 1.165) is 6.42 Å². The predicted octanol–water partition coefficient (Wildman–Crippen LogP) is 1.99. The number of hydrogen-bond acceptors (Lipinski definition) is 6. The third-order valence-electron chi connectivity index (χ3n) is 2.64. The van der Waals surface area contributed by atoms with Crippen LogP contribution < -0.4 is 10.6 Å². The van der Waals surface area contributed by atoms with Crippen molar-refractivity contribution in [2.24, 2.45) is 0 Å². The number of rotatable bonds is 8. The fourth-order valence-electron chi connectivity index (χ4n) is 1.53. The first-order valence-corrected chi connectivity index (χ1v) is 6.38. The molecule has 1 aromatic heterocycles. The number of nitrogens with one attached hydrogen (secondary N) is 2. The molecular formula is C12H20N4O3. The number of aromatic nitrogens is 1. The monoisotopic (exact) mass is 268 g/mol. The molecular weight excluding hydrogens is 248 g/mol. The van der Waals surface area contributed by atoms with Gasteiger partial charge in [-0.2, -0.15) is 0 Å². The van der Waals surface area contributed by atoms with Crippen molar-refractivity contribution >= 4 is 17.3 Å². The number of aliphatic hydroxyl groups excluding tert-OH is 1. The molecule has 0 aliphatic rings. The summed E-state index contributed by atoms with van der Waals surface area (Å²) >= 11 is 0. The zero-order chi connectivity index (χ0) is 14.3. The highest BCUT2D eigenvalue weighted by Crippen LogP contribution is 2.21. The average Bonchev–Trinajstić information content (AvgIpc) is 2.42. The molecule has 19 heavy (non-hydrogen) atoms. The van der Waals surface area contributed by atoms with Gasteiger partial charge in [-0.05, 0) is 12.8 Å². The first kappa shape index (κ1) is 15.2. The van der Waals surface area contributed by atoms with Gasteiger partial charge in [-0.25, -0.2) is 4.98 Å². The first-order valence-electron chi connectivity index (χ1n) is 6.38. The lowest BCUT2D eigenvalue weighted by Crippen LogP contribution is -2.23. The molecule has 0 aliphatic heterocycles. The maximum Gasteiger partial charge on any atom is 0.276 e. The second kappa shape index (κ2) is 7.52. The number of anilines is 2. The van der Waals surface area contributed by atoms with E-state index < -0.39 is 4.92 Å². The van der Waals surface area contributed by atoms with Crippen LogP contribution in [0.5, 0.6) is 0 Å². The van der Waals surface area contributed by atoms with Crippen molar-refractivity contribution in [1.82, 2.24) is 4.98 Å². The Balaban J connectivity index is 2.95. The van der Waals surface area contributed by atoms with Gasteiger partial charge < -0.3 is 15.7 Å². The summed E-state index contributed by atoms with van der Waals surface area (Å²) in [5, 5.41) is 26.0. The summed E-state index contributed by atoms with van der Waals surface area (Å²) in [5.41, 5.74) is -0.0242. The molecule has 1 atom stereocenters. The second-order valence-electron chi connectivity index (χ2n) is 4.21. The van der Waals surface area contributed by atoms with Crippen LogP contribution in [0.1, 0.15) is 26.7 Å². The highest BCUT2D eigenvalue weighted by molar-refractivity contribution is 5.55. The Labute approximate surface area is 112 Å². The number of hydrogen-bond donors (Lipinski definition) is 3. The van der Waals surface area contributed by atoms with E-state index in [1.807, 2.05) is 13.8 Å². The molecule has 0 fully saturated rings. The molecule has 0 aliphatic carbocycles. The van der Waals surface area contributed by atoms with Gasteiger partial charge in [0.2, 0.25) is 0 Å². The lowest BCUT2D eigenvalue weighted by Gasteiger charge is -2.15. The Kier molecular flexibility index (Phi) is 6.01. The van der Waals surface area contributed by atoms with Gasteiger partial charge >= 0.3 is 0 Å². The lowest BCUT2D eigenvalue weighted by molar-refractivity contribution is -0.384. The minimum absolute atomic E-state index is 0.0242. The molecule has 106 valence electrons. The summed E-state index contributed by atoms with van der Waals surface area (Å²) in [6.45, 7) is 4.58. The second-order valence-corrected chi connectivity index (χ2v) is 4.21. The average molecular weight is 268 g/mol. The van der Waals surface area contributed by atoms with Gasteiger partial charge in [-0.1, -0.05) is 13.8 Å². The summed E-state index contributed by atoms with van der Waals surface area (Å²) in [5.74, 6) is 0.861. The summed E-state index contributed by atoms with van der Waals surface area (Å²) in [6.07, 6.45) is 1.61. The fraction of sp³-hybridized carbons (Fsp3) is 0.583. The molecule has 1 rings (SSSR count). The lowest BCUT2D eigenvalue weighted by atomic mass is 10.2. The molecule has 1 aromatic rings. The van der Waals surface area contributed by atoms with Crippen LogP contribution in [0.2, 0.25) is 0 Å². The Hall–Kier alpha value is -1.89. The van der Waals surface area contributed by atoms with Gasteiger partial charge in [0.15, 0.2) is 0 Å². The molecule has 1 unspecified atom stereocenters. The van der Waals surface area contributed by atoms with Gasteiger partial charge in [-0.15, -0.1) is 0 Å². The maximum atomic E-state index is 10.9. The van der Waals surface area contributed by atoms with Crippen molar-refractivity contribution < 1.29 is 10.0 Å². The minimum Gasteiger partial charge on any atom is -0.394 e. The molecule has 0 radical (unpaired) electrons. The maximum absolute atomic E-state index is 10.9. The van der Waals surface area contributed by atoms with Crippen molar-refractivity contribution in [3.8, 4) is 0 Å². The van der Waals surface area contributed by atoms with Gasteiger partial charge in [-0.3, -0.25) is 10.1 Å². The fourth-order valence-corrected chi connectivity index (χ4v) is 1.53. The zero-order valence-corrected chi connectivity index (χ0v) is 11.2. The number of nitro groups is 1. The summed E-state index contributed by atoms with van der Waals surface area (Å²) in [4.78, 5) is 14.7. The zero-order valence-electron chi connectivity index (χ0n) is 11.2. The summed E-state index contributed by atoms with van der Waals surface area (Å²) in [6, 6.07) is 2.62.